The molecule has 0 N–H and O–H groups in total. The van der Waals surface area contributed by atoms with Gasteiger partial charge in [0.05, 0.1) is 0 Å². The molecule has 0 heteroatoms. The van der Waals surface area contributed by atoms with Crippen LogP contribution in [0.3, 0.4) is 0 Å². The van der Waals surface area contributed by atoms with E-state index in [0.29, 0.717) is 0 Å². The zero-order chi connectivity index (χ0) is 6.69. The van der Waals surface area contributed by atoms with E-state index in [0.717, 1.165) is 5.92 Å². The molecule has 0 aliphatic heterocycles. The van der Waals surface area contributed by atoms with E-state index in [2.05, 4.69) is 32.1 Å². The van der Waals surface area contributed by atoms with Gasteiger partial charge in [-0.3, -0.25) is 0 Å². The number of hydrogen-bond donors (Lipinski definition) is 0. The molecule has 1 aliphatic rings. The first-order chi connectivity index (χ1) is 4.33. The fourth-order valence-corrected chi connectivity index (χ4v) is 1.03. The van der Waals surface area contributed by atoms with Gasteiger partial charge in [0.15, 0.2) is 0 Å². The molecule has 0 aromatic heterocycles. The minimum Gasteiger partial charge on any atom is -0.0811 e. The molecule has 0 saturated carbocycles. The summed E-state index contributed by atoms with van der Waals surface area (Å²) in [6.07, 6.45) is 9.29. The average molecular weight is 122 g/mol. The van der Waals surface area contributed by atoms with Gasteiger partial charge in [-0.2, -0.15) is 0 Å². The van der Waals surface area contributed by atoms with E-state index in [1.165, 1.54) is 18.4 Å². The third-order valence-corrected chi connectivity index (χ3v) is 1.80. The van der Waals surface area contributed by atoms with Crippen molar-refractivity contribution in [1.82, 2.24) is 0 Å². The van der Waals surface area contributed by atoms with Crippen LogP contribution in [0.2, 0.25) is 0 Å². The highest BCUT2D eigenvalue weighted by molar-refractivity contribution is 5.22. The van der Waals surface area contributed by atoms with Gasteiger partial charge in [0.25, 0.3) is 0 Å². The molecule has 0 amide bonds. The van der Waals surface area contributed by atoms with E-state index < -0.39 is 0 Å². The molecule has 0 heterocycles. The van der Waals surface area contributed by atoms with Crippen LogP contribution in [-0.4, -0.2) is 0 Å². The molecule has 0 nitrogen and oxygen atoms in total. The summed E-state index contributed by atoms with van der Waals surface area (Å²) in [6.45, 7) is 4.45. The van der Waals surface area contributed by atoms with Gasteiger partial charge in [-0.1, -0.05) is 37.6 Å². The zero-order valence-corrected chi connectivity index (χ0v) is 6.22. The van der Waals surface area contributed by atoms with Crippen LogP contribution in [-0.2, 0) is 0 Å². The Bertz CT molecular complexity index is 140. The maximum absolute atomic E-state index is 2.34. The molecule has 0 fully saturated rings. The van der Waals surface area contributed by atoms with Gasteiger partial charge in [0.1, 0.15) is 0 Å². The number of rotatable bonds is 1. The van der Waals surface area contributed by atoms with Crippen LogP contribution in [0.15, 0.2) is 23.8 Å². The monoisotopic (exact) mass is 122 g/mol. The molecule has 1 aliphatic carbocycles. The first-order valence-electron chi connectivity index (χ1n) is 3.70. The molecular weight excluding hydrogens is 108 g/mol. The molecule has 1 atom stereocenters. The lowest BCUT2D eigenvalue weighted by Gasteiger charge is -2.09. The first-order valence-corrected chi connectivity index (χ1v) is 3.70. The number of allylic oxidation sites excluding steroid dienone is 4. The smallest absolute Gasteiger partial charge is 0.0224 e. The Balaban J connectivity index is 2.52. The van der Waals surface area contributed by atoms with E-state index in [1.54, 1.807) is 0 Å². The highest BCUT2D eigenvalue weighted by atomic mass is 14.1. The minimum atomic E-state index is 0.764. The lowest BCUT2D eigenvalue weighted by Crippen LogP contribution is -1.92. The molecule has 1 rings (SSSR count). The second kappa shape index (κ2) is 2.86. The van der Waals surface area contributed by atoms with Crippen molar-refractivity contribution < 1.29 is 0 Å². The molecular formula is C9H14. The summed E-state index contributed by atoms with van der Waals surface area (Å²) in [5, 5.41) is 0. The summed E-state index contributed by atoms with van der Waals surface area (Å²) in [6, 6.07) is 0. The predicted octanol–water partition coefficient (Wildman–Crippen LogP) is 2.92. The maximum Gasteiger partial charge on any atom is -0.0224 e. The van der Waals surface area contributed by atoms with Gasteiger partial charge in [0, 0.05) is 0 Å². The topological polar surface area (TPSA) is 0 Å². The van der Waals surface area contributed by atoms with Gasteiger partial charge >= 0.3 is 0 Å². The normalized spacial score (nSPS) is 26.0. The molecule has 0 radical (unpaired) electrons. The Morgan fingerprint density at radius 3 is 2.89 bits per heavy atom. The lowest BCUT2D eigenvalue weighted by atomic mass is 9.97. The zero-order valence-electron chi connectivity index (χ0n) is 6.22. The molecule has 9 heavy (non-hydrogen) atoms. The van der Waals surface area contributed by atoms with Gasteiger partial charge in [-0.15, -0.1) is 0 Å². The Morgan fingerprint density at radius 1 is 1.67 bits per heavy atom. The van der Waals surface area contributed by atoms with E-state index >= 15 is 0 Å². The SMILES string of the molecule is CCC1=CC[C@@H](C)C=C1. The summed E-state index contributed by atoms with van der Waals surface area (Å²) < 4.78 is 0. The Kier molecular flexibility index (Phi) is 2.10. The lowest BCUT2D eigenvalue weighted by molar-refractivity contribution is 0.727. The minimum absolute atomic E-state index is 0.764. The van der Waals surface area contributed by atoms with Crippen molar-refractivity contribution in [2.45, 2.75) is 26.7 Å². The largest absolute Gasteiger partial charge is 0.0811 e. The molecule has 0 aromatic carbocycles. The van der Waals surface area contributed by atoms with Crippen molar-refractivity contribution in [2.24, 2.45) is 5.92 Å². The van der Waals surface area contributed by atoms with Crippen LogP contribution in [0, 0.1) is 5.92 Å². The van der Waals surface area contributed by atoms with Crippen LogP contribution in [0.4, 0.5) is 0 Å². The van der Waals surface area contributed by atoms with Crippen LogP contribution < -0.4 is 0 Å². The Hall–Kier alpha value is -0.520. The standard InChI is InChI=1S/C9H14/c1-3-9-6-4-8(2)5-7-9/h4,6-8H,3,5H2,1-2H3/t8-/m0/s1. The van der Waals surface area contributed by atoms with E-state index in [9.17, 15) is 0 Å². The van der Waals surface area contributed by atoms with Gasteiger partial charge in [0.2, 0.25) is 0 Å². The molecule has 0 bridgehead atoms. The summed E-state index contributed by atoms with van der Waals surface area (Å²) in [5.74, 6) is 0.764. The molecule has 0 spiro atoms. The van der Waals surface area contributed by atoms with Crippen LogP contribution in [0.25, 0.3) is 0 Å². The summed E-state index contributed by atoms with van der Waals surface area (Å²) in [7, 11) is 0. The Labute approximate surface area is 57.3 Å². The molecule has 0 saturated heterocycles. The van der Waals surface area contributed by atoms with Crippen molar-refractivity contribution >= 4 is 0 Å². The van der Waals surface area contributed by atoms with Crippen LogP contribution >= 0.6 is 0 Å². The second-order valence-corrected chi connectivity index (χ2v) is 2.70. The quantitative estimate of drug-likeness (QED) is 0.501. The first kappa shape index (κ1) is 6.60. The van der Waals surface area contributed by atoms with Crippen molar-refractivity contribution in [2.75, 3.05) is 0 Å². The van der Waals surface area contributed by atoms with Gasteiger partial charge < -0.3 is 0 Å². The average Bonchev–Trinajstić information content (AvgIpc) is 1.90. The van der Waals surface area contributed by atoms with E-state index in [4.69, 9.17) is 0 Å². The van der Waals surface area contributed by atoms with Gasteiger partial charge in [-0.05, 0) is 18.8 Å². The highest BCUT2D eigenvalue weighted by Crippen LogP contribution is 2.16. The van der Waals surface area contributed by atoms with Crippen molar-refractivity contribution in [3.05, 3.63) is 23.8 Å². The second-order valence-electron chi connectivity index (χ2n) is 2.70. The maximum atomic E-state index is 2.34. The van der Waals surface area contributed by atoms with E-state index in [-0.39, 0.29) is 0 Å². The highest BCUT2D eigenvalue weighted by Gasteiger charge is 1.99. The molecule has 50 valence electrons. The fourth-order valence-electron chi connectivity index (χ4n) is 1.03. The fraction of sp³-hybridized carbons (Fsp3) is 0.556. The van der Waals surface area contributed by atoms with Crippen molar-refractivity contribution in [3.8, 4) is 0 Å². The third-order valence-electron chi connectivity index (χ3n) is 1.80. The van der Waals surface area contributed by atoms with Gasteiger partial charge in [-0.25, -0.2) is 0 Å². The predicted molar refractivity (Wildman–Crippen MR) is 41.3 cm³/mol. The van der Waals surface area contributed by atoms with Crippen LogP contribution in [0.5, 0.6) is 0 Å². The molecule has 0 unspecified atom stereocenters. The van der Waals surface area contributed by atoms with Crippen LogP contribution in [0.1, 0.15) is 26.7 Å². The number of hydrogen-bond acceptors (Lipinski definition) is 0. The summed E-state index contributed by atoms with van der Waals surface area (Å²) in [4.78, 5) is 0. The van der Waals surface area contributed by atoms with Crippen molar-refractivity contribution in [3.63, 3.8) is 0 Å². The Morgan fingerprint density at radius 2 is 2.44 bits per heavy atom. The van der Waals surface area contributed by atoms with Crippen molar-refractivity contribution in [1.29, 1.82) is 0 Å². The van der Waals surface area contributed by atoms with E-state index in [1.807, 2.05) is 0 Å². The molecule has 0 aromatic rings. The summed E-state index contributed by atoms with van der Waals surface area (Å²) >= 11 is 0. The summed E-state index contributed by atoms with van der Waals surface area (Å²) in [5.41, 5.74) is 1.49. The third kappa shape index (κ3) is 1.70.